The first-order chi connectivity index (χ1) is 8.19. The van der Waals surface area contributed by atoms with Crippen LogP contribution in [0.2, 0.25) is 0 Å². The summed E-state index contributed by atoms with van der Waals surface area (Å²) in [5, 5.41) is 11.9. The van der Waals surface area contributed by atoms with Gasteiger partial charge in [0.25, 0.3) is 0 Å². The number of nitrogens with two attached hydrogens (primary N) is 1. The van der Waals surface area contributed by atoms with Crippen LogP contribution in [-0.4, -0.2) is 30.4 Å². The smallest absolute Gasteiger partial charge is 0.195 e. The van der Waals surface area contributed by atoms with Crippen molar-refractivity contribution in [1.29, 1.82) is 0 Å². The zero-order valence-electron chi connectivity index (χ0n) is 8.73. The molecule has 0 aromatic carbocycles. The maximum atomic E-state index is 8.55. The van der Waals surface area contributed by atoms with Crippen molar-refractivity contribution in [2.75, 3.05) is 0 Å². The third-order valence-corrected chi connectivity index (χ3v) is 3.41. The fourth-order valence-electron chi connectivity index (χ4n) is 0.981. The third-order valence-electron chi connectivity index (χ3n) is 1.69. The maximum Gasteiger partial charge on any atom is 0.195 e. The number of aromatic nitrogens is 4. The lowest BCUT2D eigenvalue weighted by Crippen LogP contribution is -2.15. The van der Waals surface area contributed by atoms with Crippen LogP contribution in [0.15, 0.2) is 26.9 Å². The van der Waals surface area contributed by atoms with Gasteiger partial charge in [-0.3, -0.25) is 0 Å². The van der Waals surface area contributed by atoms with Crippen molar-refractivity contribution in [3.63, 3.8) is 0 Å². The van der Waals surface area contributed by atoms with E-state index in [4.69, 9.17) is 10.9 Å². The first kappa shape index (κ1) is 11.7. The van der Waals surface area contributed by atoms with E-state index in [1.807, 2.05) is 6.92 Å². The molecule has 3 N–H and O–H groups in total. The van der Waals surface area contributed by atoms with Crippen LogP contribution in [0.25, 0.3) is 0 Å². The third kappa shape index (κ3) is 2.88. The average molecular weight is 268 g/mol. The van der Waals surface area contributed by atoms with Gasteiger partial charge in [0.1, 0.15) is 11.5 Å². The second-order valence-corrected chi connectivity index (χ2v) is 4.89. The molecule has 0 aliphatic heterocycles. The second-order valence-electron chi connectivity index (χ2n) is 2.92. The van der Waals surface area contributed by atoms with Gasteiger partial charge >= 0.3 is 0 Å². The number of rotatable bonds is 3. The van der Waals surface area contributed by atoms with Crippen molar-refractivity contribution in [2.24, 2.45) is 10.9 Å². The van der Waals surface area contributed by atoms with Gasteiger partial charge in [0.05, 0.1) is 0 Å². The van der Waals surface area contributed by atoms with Crippen molar-refractivity contribution in [1.82, 2.24) is 19.3 Å². The summed E-state index contributed by atoms with van der Waals surface area (Å²) < 4.78 is 4.80. The van der Waals surface area contributed by atoms with Crippen LogP contribution >= 0.6 is 23.3 Å². The van der Waals surface area contributed by atoms with Gasteiger partial charge in [-0.05, 0) is 36.3 Å². The van der Waals surface area contributed by atoms with Crippen LogP contribution in [0.1, 0.15) is 11.5 Å². The summed E-state index contributed by atoms with van der Waals surface area (Å²) in [6.45, 7) is 1.81. The fraction of sp³-hybridized carbons (Fsp3) is 0.125. The Hall–Kier alpha value is -1.74. The topological polar surface area (TPSA) is 110 Å². The van der Waals surface area contributed by atoms with Gasteiger partial charge in [0, 0.05) is 6.20 Å². The molecule has 0 unspecified atom stereocenters. The minimum Gasteiger partial charge on any atom is -0.409 e. The summed E-state index contributed by atoms with van der Waals surface area (Å²) in [5.41, 5.74) is 5.80. The van der Waals surface area contributed by atoms with Gasteiger partial charge in [-0.1, -0.05) is 5.16 Å². The summed E-state index contributed by atoms with van der Waals surface area (Å²) in [7, 11) is 0. The summed E-state index contributed by atoms with van der Waals surface area (Å²) in [6.07, 6.45) is 1.54. The molecule has 0 radical (unpaired) electrons. The molecule has 0 aliphatic carbocycles. The quantitative estimate of drug-likeness (QED) is 0.279. The lowest BCUT2D eigenvalue weighted by atomic mass is 10.4. The molecule has 0 atom stereocenters. The summed E-state index contributed by atoms with van der Waals surface area (Å²) >= 11 is 2.56. The van der Waals surface area contributed by atoms with Crippen molar-refractivity contribution in [3.05, 3.63) is 23.8 Å². The molecule has 0 saturated heterocycles. The van der Waals surface area contributed by atoms with E-state index < -0.39 is 0 Å². The highest BCUT2D eigenvalue weighted by atomic mass is 32.2. The van der Waals surface area contributed by atoms with Crippen LogP contribution in [0, 0.1) is 6.92 Å². The molecular formula is C8H8N6OS2. The van der Waals surface area contributed by atoms with Crippen molar-refractivity contribution in [3.8, 4) is 0 Å². The van der Waals surface area contributed by atoms with E-state index in [1.54, 1.807) is 6.07 Å². The first-order valence-corrected chi connectivity index (χ1v) is 6.07. The van der Waals surface area contributed by atoms with Crippen molar-refractivity contribution in [2.45, 2.75) is 16.4 Å². The zero-order valence-corrected chi connectivity index (χ0v) is 10.4. The Morgan fingerprint density at radius 2 is 2.35 bits per heavy atom. The van der Waals surface area contributed by atoms with Crippen LogP contribution in [-0.2, 0) is 0 Å². The Bertz CT molecular complexity index is 554. The number of amidine groups is 1. The van der Waals surface area contributed by atoms with Crippen LogP contribution in [0.5, 0.6) is 0 Å². The molecule has 0 aliphatic rings. The molecule has 9 heteroatoms. The number of oxime groups is 1. The van der Waals surface area contributed by atoms with E-state index in [0.717, 1.165) is 4.34 Å². The minimum atomic E-state index is -0.0531. The average Bonchev–Trinajstić information content (AvgIpc) is 2.74. The molecule has 88 valence electrons. The van der Waals surface area contributed by atoms with Gasteiger partial charge in [-0.25, -0.2) is 15.0 Å². The van der Waals surface area contributed by atoms with Gasteiger partial charge in [-0.15, -0.1) is 0 Å². The lowest BCUT2D eigenvalue weighted by molar-refractivity contribution is 0.318. The predicted octanol–water partition coefficient (Wildman–Crippen LogP) is 0.882. The molecule has 2 rings (SSSR count). The van der Waals surface area contributed by atoms with Gasteiger partial charge in [-0.2, -0.15) is 4.37 Å². The van der Waals surface area contributed by atoms with E-state index in [0.29, 0.717) is 16.7 Å². The van der Waals surface area contributed by atoms with Crippen LogP contribution in [0.4, 0.5) is 0 Å². The molecule has 0 amide bonds. The second kappa shape index (κ2) is 5.06. The fourth-order valence-corrected chi connectivity index (χ4v) is 2.48. The van der Waals surface area contributed by atoms with Crippen LogP contribution < -0.4 is 5.73 Å². The van der Waals surface area contributed by atoms with E-state index in [1.165, 1.54) is 29.5 Å². The molecule has 0 saturated carbocycles. The molecule has 17 heavy (non-hydrogen) atoms. The van der Waals surface area contributed by atoms with E-state index in [9.17, 15) is 0 Å². The van der Waals surface area contributed by atoms with Crippen molar-refractivity contribution >= 4 is 29.1 Å². The molecule has 2 aromatic rings. The van der Waals surface area contributed by atoms with Crippen LogP contribution in [0.3, 0.4) is 0 Å². The van der Waals surface area contributed by atoms with Crippen molar-refractivity contribution < 1.29 is 5.21 Å². The Kier molecular flexibility index (Phi) is 3.49. The summed E-state index contributed by atoms with van der Waals surface area (Å²) in [5.74, 6) is 0.660. The molecule has 2 aromatic heterocycles. The highest BCUT2D eigenvalue weighted by Gasteiger charge is 2.08. The standard InChI is InChI=1S/C8H8N6OS2/c1-4-11-8(17-14-4)16-7-10-3-2-5(12-7)6(9)13-15/h2-3,15H,1H3,(H2,9,13). The Labute approximate surface area is 105 Å². The predicted molar refractivity (Wildman–Crippen MR) is 63.3 cm³/mol. The lowest BCUT2D eigenvalue weighted by Gasteiger charge is -1.99. The van der Waals surface area contributed by atoms with E-state index in [2.05, 4.69) is 24.5 Å². The largest absolute Gasteiger partial charge is 0.409 e. The van der Waals surface area contributed by atoms with E-state index in [-0.39, 0.29) is 5.84 Å². The van der Waals surface area contributed by atoms with Gasteiger partial charge < -0.3 is 10.9 Å². The summed E-state index contributed by atoms with van der Waals surface area (Å²) in [6, 6.07) is 1.56. The minimum absolute atomic E-state index is 0.0531. The van der Waals surface area contributed by atoms with Gasteiger partial charge in [0.2, 0.25) is 0 Å². The maximum absolute atomic E-state index is 8.55. The molecule has 7 nitrogen and oxygen atoms in total. The first-order valence-electron chi connectivity index (χ1n) is 4.48. The highest BCUT2D eigenvalue weighted by Crippen LogP contribution is 2.25. The normalized spacial score (nSPS) is 11.7. The molecular weight excluding hydrogens is 260 g/mol. The number of hydrogen-bond donors (Lipinski definition) is 2. The molecule has 0 fully saturated rings. The SMILES string of the molecule is Cc1nsc(Sc2nccc(/C(N)=N/O)n2)n1. The molecule has 0 spiro atoms. The number of aryl methyl sites for hydroxylation is 1. The zero-order chi connectivity index (χ0) is 12.3. The Morgan fingerprint density at radius 1 is 1.53 bits per heavy atom. The summed E-state index contributed by atoms with van der Waals surface area (Å²) in [4.78, 5) is 12.4. The molecule has 2 heterocycles. The highest BCUT2D eigenvalue weighted by molar-refractivity contribution is 8.00. The van der Waals surface area contributed by atoms with Gasteiger partial charge in [0.15, 0.2) is 15.3 Å². The molecule has 0 bridgehead atoms. The Balaban J connectivity index is 2.22. The monoisotopic (exact) mass is 268 g/mol. The number of hydrogen-bond acceptors (Lipinski definition) is 8. The number of nitrogens with zero attached hydrogens (tertiary/aromatic N) is 5. The Morgan fingerprint density at radius 3 is 3.00 bits per heavy atom. The van der Waals surface area contributed by atoms with E-state index >= 15 is 0 Å².